The van der Waals surface area contributed by atoms with Gasteiger partial charge in [-0.2, -0.15) is 0 Å². The van der Waals surface area contributed by atoms with Crippen LogP contribution in [0.15, 0.2) is 76.3 Å². The van der Waals surface area contributed by atoms with Gasteiger partial charge in [-0.1, -0.05) is 24.3 Å². The number of carbonyl (C=O) groups excluding carboxylic acids is 1. The van der Waals surface area contributed by atoms with Gasteiger partial charge in [-0.25, -0.2) is 14.0 Å². The van der Waals surface area contributed by atoms with Crippen LogP contribution in [0.3, 0.4) is 0 Å². The van der Waals surface area contributed by atoms with E-state index in [-0.39, 0.29) is 23.3 Å². The van der Waals surface area contributed by atoms with Crippen molar-refractivity contribution >= 4 is 28.5 Å². The Morgan fingerprint density at radius 2 is 1.71 bits per heavy atom. The van der Waals surface area contributed by atoms with Gasteiger partial charge in [0.05, 0.1) is 28.9 Å². The van der Waals surface area contributed by atoms with Crippen molar-refractivity contribution in [3.05, 3.63) is 110 Å². The summed E-state index contributed by atoms with van der Waals surface area (Å²) in [7, 11) is 0. The number of carboxylic acids is 1. The van der Waals surface area contributed by atoms with E-state index in [2.05, 4.69) is 10.3 Å². The monoisotopic (exact) mass is 461 g/mol. The molecule has 0 spiro atoms. The molecule has 0 bridgehead atoms. The number of fused-ring (bicyclic) bond motifs is 1. The number of anilines is 1. The predicted molar refractivity (Wildman–Crippen MR) is 125 cm³/mol. The molecule has 8 nitrogen and oxygen atoms in total. The number of amides is 1. The molecule has 0 saturated heterocycles. The Kier molecular flexibility index (Phi) is 6.09. The van der Waals surface area contributed by atoms with Gasteiger partial charge in [0.2, 0.25) is 5.91 Å². The largest absolute Gasteiger partial charge is 0.478 e. The maximum absolute atomic E-state index is 13.2. The number of nitrogens with zero attached hydrogens (tertiary/aromatic N) is 1. The summed E-state index contributed by atoms with van der Waals surface area (Å²) in [5.74, 6) is -1.81. The lowest BCUT2D eigenvalue weighted by Crippen LogP contribution is -2.37. The van der Waals surface area contributed by atoms with Crippen molar-refractivity contribution in [3.8, 4) is 0 Å². The van der Waals surface area contributed by atoms with E-state index in [0.717, 1.165) is 4.57 Å². The molecule has 0 fully saturated rings. The minimum atomic E-state index is -1.08. The number of hydrogen-bond donors (Lipinski definition) is 3. The topological polar surface area (TPSA) is 121 Å². The second kappa shape index (κ2) is 9.14. The summed E-state index contributed by atoms with van der Waals surface area (Å²) in [5, 5.41) is 12.0. The number of benzene rings is 3. The molecule has 1 atom stereocenters. The highest BCUT2D eigenvalue weighted by Gasteiger charge is 2.17. The third kappa shape index (κ3) is 4.63. The van der Waals surface area contributed by atoms with Crippen molar-refractivity contribution in [1.82, 2.24) is 9.55 Å². The van der Waals surface area contributed by atoms with E-state index in [1.807, 2.05) is 0 Å². The van der Waals surface area contributed by atoms with Gasteiger partial charge in [-0.15, -0.1) is 0 Å². The molecule has 0 saturated carbocycles. The molecule has 0 radical (unpaired) electrons. The van der Waals surface area contributed by atoms with Gasteiger partial charge in [0.1, 0.15) is 5.82 Å². The highest BCUT2D eigenvalue weighted by atomic mass is 19.1. The molecular formula is C25H20FN3O5. The average molecular weight is 461 g/mol. The number of aromatic amines is 1. The number of aromatic carboxylic acids is 1. The Morgan fingerprint density at radius 1 is 1.03 bits per heavy atom. The molecule has 0 aliphatic carbocycles. The molecule has 1 aromatic heterocycles. The highest BCUT2D eigenvalue weighted by Crippen LogP contribution is 2.18. The Labute approximate surface area is 192 Å². The van der Waals surface area contributed by atoms with E-state index in [4.69, 9.17) is 5.11 Å². The highest BCUT2D eigenvalue weighted by molar-refractivity contribution is 5.94. The Morgan fingerprint density at radius 3 is 2.35 bits per heavy atom. The van der Waals surface area contributed by atoms with Crippen molar-refractivity contribution in [2.45, 2.75) is 19.4 Å². The fraction of sp³-hybridized carbons (Fsp3) is 0.120. The predicted octanol–water partition coefficient (Wildman–Crippen LogP) is 3.32. The lowest BCUT2D eigenvalue weighted by atomic mass is 10.1. The normalized spacial score (nSPS) is 11.8. The van der Waals surface area contributed by atoms with Gasteiger partial charge < -0.3 is 15.4 Å². The molecule has 0 aliphatic rings. The van der Waals surface area contributed by atoms with E-state index in [1.54, 1.807) is 25.1 Å². The zero-order valence-corrected chi connectivity index (χ0v) is 18.0. The molecule has 4 rings (SSSR count). The minimum absolute atomic E-state index is 0.0253. The first-order valence-electron chi connectivity index (χ1n) is 10.4. The van der Waals surface area contributed by atoms with E-state index >= 15 is 0 Å². The van der Waals surface area contributed by atoms with Crippen LogP contribution in [-0.4, -0.2) is 26.5 Å². The molecule has 1 amide bonds. The van der Waals surface area contributed by atoms with Crippen LogP contribution in [0.5, 0.6) is 0 Å². The van der Waals surface area contributed by atoms with Gasteiger partial charge in [-0.05, 0) is 60.5 Å². The average Bonchev–Trinajstić information content (AvgIpc) is 2.81. The van der Waals surface area contributed by atoms with Crippen LogP contribution in [0.1, 0.15) is 34.5 Å². The summed E-state index contributed by atoms with van der Waals surface area (Å²) < 4.78 is 14.1. The lowest BCUT2D eigenvalue weighted by Gasteiger charge is -2.16. The van der Waals surface area contributed by atoms with E-state index in [9.17, 15) is 23.6 Å². The van der Waals surface area contributed by atoms with Crippen LogP contribution in [0.25, 0.3) is 10.9 Å². The maximum Gasteiger partial charge on any atom is 0.335 e. The molecule has 3 N–H and O–H groups in total. The number of H-pyrrole nitrogens is 1. The molecule has 1 unspecified atom stereocenters. The summed E-state index contributed by atoms with van der Waals surface area (Å²) in [5.41, 5.74) is 0.833. The zero-order chi connectivity index (χ0) is 24.4. The van der Waals surface area contributed by atoms with Gasteiger partial charge in [0, 0.05) is 5.69 Å². The van der Waals surface area contributed by atoms with Crippen molar-refractivity contribution in [3.63, 3.8) is 0 Å². The maximum atomic E-state index is 13.2. The number of halogens is 1. The molecule has 0 aliphatic heterocycles. The number of aromatic nitrogens is 2. The molecule has 3 aromatic carbocycles. The third-order valence-electron chi connectivity index (χ3n) is 5.52. The molecule has 34 heavy (non-hydrogen) atoms. The van der Waals surface area contributed by atoms with Crippen molar-refractivity contribution < 1.29 is 19.1 Å². The second-order valence-corrected chi connectivity index (χ2v) is 7.82. The van der Waals surface area contributed by atoms with Crippen molar-refractivity contribution in [2.75, 3.05) is 5.32 Å². The summed E-state index contributed by atoms with van der Waals surface area (Å²) >= 11 is 0. The molecule has 4 aromatic rings. The summed E-state index contributed by atoms with van der Waals surface area (Å²) in [6, 6.07) is 15.4. The van der Waals surface area contributed by atoms with Crippen LogP contribution in [0, 0.1) is 5.82 Å². The molecule has 9 heteroatoms. The van der Waals surface area contributed by atoms with Crippen LogP contribution in [-0.2, 0) is 11.2 Å². The first-order valence-corrected chi connectivity index (χ1v) is 10.4. The van der Waals surface area contributed by atoms with Gasteiger partial charge >= 0.3 is 11.7 Å². The second-order valence-electron chi connectivity index (χ2n) is 7.82. The Hall–Kier alpha value is -4.53. The quantitative estimate of drug-likeness (QED) is 0.407. The number of carboxylic acid groups (broad SMARTS) is 1. The van der Waals surface area contributed by atoms with Crippen molar-refractivity contribution in [1.29, 1.82) is 0 Å². The number of nitrogens with one attached hydrogen (secondary N) is 2. The first kappa shape index (κ1) is 22.7. The van der Waals surface area contributed by atoms with Crippen LogP contribution >= 0.6 is 0 Å². The van der Waals surface area contributed by atoms with E-state index in [1.165, 1.54) is 48.5 Å². The van der Waals surface area contributed by atoms with E-state index < -0.39 is 29.1 Å². The number of rotatable bonds is 6. The van der Waals surface area contributed by atoms with Crippen molar-refractivity contribution in [2.24, 2.45) is 0 Å². The summed E-state index contributed by atoms with van der Waals surface area (Å²) in [6.07, 6.45) is 0.0253. The van der Waals surface area contributed by atoms with E-state index in [0.29, 0.717) is 22.3 Å². The molecular weight excluding hydrogens is 441 g/mol. The third-order valence-corrected chi connectivity index (χ3v) is 5.52. The standard InChI is InChI=1S/C25H20FN3O5/c1-14(16-4-6-17(7-5-16)24(32)33)29-23(31)20-13-19(10-11-21(20)28-25(29)34)27-22(30)12-15-2-8-18(26)9-3-15/h2-11,13-14H,12H2,1H3,(H,27,30)(H,28,34)(H,32,33). The zero-order valence-electron chi connectivity index (χ0n) is 18.0. The molecule has 1 heterocycles. The summed E-state index contributed by atoms with van der Waals surface area (Å²) in [6.45, 7) is 1.66. The first-order chi connectivity index (χ1) is 16.2. The van der Waals surface area contributed by atoms with Gasteiger partial charge in [0.25, 0.3) is 5.56 Å². The van der Waals surface area contributed by atoms with Crippen LogP contribution in [0.4, 0.5) is 10.1 Å². The van der Waals surface area contributed by atoms with Gasteiger partial charge in [-0.3, -0.25) is 14.2 Å². The minimum Gasteiger partial charge on any atom is -0.478 e. The van der Waals surface area contributed by atoms with Gasteiger partial charge in [0.15, 0.2) is 0 Å². The Bertz CT molecular complexity index is 1510. The van der Waals surface area contributed by atoms with Crippen LogP contribution < -0.4 is 16.6 Å². The SMILES string of the molecule is CC(c1ccc(C(=O)O)cc1)n1c(=O)[nH]c2ccc(NC(=O)Cc3ccc(F)cc3)cc2c1=O. The van der Waals surface area contributed by atoms with Crippen LogP contribution in [0.2, 0.25) is 0 Å². The lowest BCUT2D eigenvalue weighted by molar-refractivity contribution is -0.115. The fourth-order valence-electron chi connectivity index (χ4n) is 3.70. The number of carbonyl (C=O) groups is 2. The molecule has 172 valence electrons. The Balaban J connectivity index is 1.64. The number of hydrogen-bond acceptors (Lipinski definition) is 4. The smallest absolute Gasteiger partial charge is 0.335 e. The fourth-order valence-corrected chi connectivity index (χ4v) is 3.70. The summed E-state index contributed by atoms with van der Waals surface area (Å²) in [4.78, 5) is 52.0.